The molecule has 1 aromatic rings. The molecule has 1 aromatic carbocycles. The van der Waals surface area contributed by atoms with Gasteiger partial charge in [-0.1, -0.05) is 36.2 Å². The number of hydrogen-bond acceptors (Lipinski definition) is 2. The van der Waals surface area contributed by atoms with Gasteiger partial charge in [0.1, 0.15) is 0 Å². The topological polar surface area (TPSA) is 49.3 Å². The van der Waals surface area contributed by atoms with Crippen LogP contribution in [0.15, 0.2) is 30.3 Å². The first-order chi connectivity index (χ1) is 10.1. The zero-order valence-electron chi connectivity index (χ0n) is 12.3. The first kappa shape index (κ1) is 16.1. The number of carbonyl (C=O) groups is 1. The third kappa shape index (κ3) is 4.87. The molecule has 114 valence electrons. The average molecular weight is 308 g/mol. The van der Waals surface area contributed by atoms with Gasteiger partial charge >= 0.3 is 0 Å². The van der Waals surface area contributed by atoms with Crippen LogP contribution in [-0.2, 0) is 4.79 Å². The zero-order valence-corrected chi connectivity index (χ0v) is 13.1. The zero-order chi connectivity index (χ0) is 15.2. The van der Waals surface area contributed by atoms with Crippen molar-refractivity contribution in [1.82, 2.24) is 5.32 Å². The maximum Gasteiger partial charge on any atom is 0.244 e. The molecule has 0 aromatic heterocycles. The van der Waals surface area contributed by atoms with Crippen LogP contribution in [0.5, 0.6) is 0 Å². The number of rotatable bonds is 4. The van der Waals surface area contributed by atoms with Gasteiger partial charge < -0.3 is 10.4 Å². The van der Waals surface area contributed by atoms with Crippen molar-refractivity contribution in [1.29, 1.82) is 0 Å². The van der Waals surface area contributed by atoms with Crippen molar-refractivity contribution in [3.8, 4) is 0 Å². The van der Waals surface area contributed by atoms with Gasteiger partial charge in [-0.3, -0.25) is 4.79 Å². The van der Waals surface area contributed by atoms with Gasteiger partial charge in [0, 0.05) is 17.6 Å². The van der Waals surface area contributed by atoms with Crippen LogP contribution in [0.3, 0.4) is 0 Å². The summed E-state index contributed by atoms with van der Waals surface area (Å²) < 4.78 is 0. The summed E-state index contributed by atoms with van der Waals surface area (Å²) in [6, 6.07) is 7.49. The first-order valence-corrected chi connectivity index (χ1v) is 7.83. The highest BCUT2D eigenvalue weighted by Gasteiger charge is 2.20. The minimum Gasteiger partial charge on any atom is -0.393 e. The van der Waals surface area contributed by atoms with Crippen LogP contribution >= 0.6 is 11.6 Å². The first-order valence-electron chi connectivity index (χ1n) is 7.45. The molecule has 21 heavy (non-hydrogen) atoms. The minimum absolute atomic E-state index is 0.104. The highest BCUT2D eigenvalue weighted by atomic mass is 35.5. The summed E-state index contributed by atoms with van der Waals surface area (Å²) in [6.45, 7) is 2.51. The van der Waals surface area contributed by atoms with Crippen LogP contribution in [0.2, 0.25) is 5.02 Å². The average Bonchev–Trinajstić information content (AvgIpc) is 2.45. The number of nitrogens with one attached hydrogen (secondary N) is 1. The second-order valence-corrected chi connectivity index (χ2v) is 6.15. The molecular weight excluding hydrogens is 286 g/mol. The minimum atomic E-state index is -0.207. The molecule has 1 amide bonds. The monoisotopic (exact) mass is 307 g/mol. The van der Waals surface area contributed by atoms with Gasteiger partial charge in [-0.2, -0.15) is 0 Å². The summed E-state index contributed by atoms with van der Waals surface area (Å²) in [4.78, 5) is 12.0. The number of aliphatic hydroxyl groups is 1. The number of carbonyl (C=O) groups excluding carboxylic acids is 1. The molecule has 0 aliphatic heterocycles. The lowest BCUT2D eigenvalue weighted by molar-refractivity contribution is -0.116. The predicted molar refractivity (Wildman–Crippen MR) is 86.1 cm³/mol. The quantitative estimate of drug-likeness (QED) is 0.838. The van der Waals surface area contributed by atoms with Crippen molar-refractivity contribution in [2.75, 3.05) is 6.54 Å². The van der Waals surface area contributed by atoms with E-state index in [2.05, 4.69) is 5.32 Å². The van der Waals surface area contributed by atoms with Crippen LogP contribution in [0.25, 0.3) is 5.57 Å². The van der Waals surface area contributed by atoms with Crippen LogP contribution in [-0.4, -0.2) is 23.7 Å². The fraction of sp³-hybridized carbons (Fsp3) is 0.471. The highest BCUT2D eigenvalue weighted by Crippen LogP contribution is 2.24. The predicted octanol–water partition coefficient (Wildman–Crippen LogP) is 3.41. The Kier molecular flexibility index (Phi) is 5.83. The van der Waals surface area contributed by atoms with Crippen molar-refractivity contribution >= 4 is 23.1 Å². The van der Waals surface area contributed by atoms with Gasteiger partial charge in [0.05, 0.1) is 6.10 Å². The standard InChI is InChI=1S/C17H22ClNO2/c1-12(15-7-2-3-8-16(15)18)9-17(21)19-11-13-5-4-6-14(20)10-13/h2-3,7-9,13-14,20H,4-6,10-11H2,1H3,(H,19,21). The molecule has 1 aliphatic carbocycles. The van der Waals surface area contributed by atoms with E-state index in [0.717, 1.165) is 36.8 Å². The molecule has 0 radical (unpaired) electrons. The number of aliphatic hydroxyl groups excluding tert-OH is 1. The van der Waals surface area contributed by atoms with Crippen molar-refractivity contribution in [3.63, 3.8) is 0 Å². The molecule has 3 nitrogen and oxygen atoms in total. The Hall–Kier alpha value is -1.32. The molecule has 0 bridgehead atoms. The van der Waals surface area contributed by atoms with Gasteiger partial charge in [0.2, 0.25) is 5.91 Å². The molecule has 0 heterocycles. The van der Waals surface area contributed by atoms with E-state index in [4.69, 9.17) is 11.6 Å². The van der Waals surface area contributed by atoms with Crippen molar-refractivity contribution < 1.29 is 9.90 Å². The third-order valence-corrected chi connectivity index (χ3v) is 4.30. The number of halogens is 1. The van der Waals surface area contributed by atoms with Crippen LogP contribution in [0.4, 0.5) is 0 Å². The van der Waals surface area contributed by atoms with E-state index in [1.54, 1.807) is 6.08 Å². The molecule has 2 N–H and O–H groups in total. The number of benzene rings is 1. The van der Waals surface area contributed by atoms with E-state index in [9.17, 15) is 9.90 Å². The summed E-state index contributed by atoms with van der Waals surface area (Å²) in [5.74, 6) is 0.277. The Morgan fingerprint density at radius 1 is 1.43 bits per heavy atom. The summed E-state index contributed by atoms with van der Waals surface area (Å²) in [5, 5.41) is 13.2. The molecule has 1 aliphatic rings. The second-order valence-electron chi connectivity index (χ2n) is 5.74. The summed E-state index contributed by atoms with van der Waals surface area (Å²) >= 11 is 6.12. The molecule has 0 spiro atoms. The molecule has 1 saturated carbocycles. The van der Waals surface area contributed by atoms with Gasteiger partial charge in [-0.25, -0.2) is 0 Å². The lowest BCUT2D eigenvalue weighted by Gasteiger charge is -2.25. The van der Waals surface area contributed by atoms with Crippen molar-refractivity contribution in [3.05, 3.63) is 40.9 Å². The van der Waals surface area contributed by atoms with E-state index in [1.807, 2.05) is 31.2 Å². The molecule has 2 rings (SSSR count). The number of amides is 1. The van der Waals surface area contributed by atoms with Crippen molar-refractivity contribution in [2.24, 2.45) is 5.92 Å². The normalized spacial score (nSPS) is 22.9. The Bertz CT molecular complexity index is 527. The van der Waals surface area contributed by atoms with Crippen LogP contribution in [0, 0.1) is 5.92 Å². The van der Waals surface area contributed by atoms with E-state index in [-0.39, 0.29) is 12.0 Å². The van der Waals surface area contributed by atoms with E-state index < -0.39 is 0 Å². The van der Waals surface area contributed by atoms with Gasteiger partial charge in [-0.05, 0) is 49.3 Å². The molecule has 2 unspecified atom stereocenters. The Labute approximate surface area is 131 Å². The molecule has 4 heteroatoms. The lowest BCUT2D eigenvalue weighted by atomic mass is 9.87. The van der Waals surface area contributed by atoms with Crippen molar-refractivity contribution in [2.45, 2.75) is 38.7 Å². The largest absolute Gasteiger partial charge is 0.393 e. The number of hydrogen-bond donors (Lipinski definition) is 2. The maximum absolute atomic E-state index is 12.0. The summed E-state index contributed by atoms with van der Waals surface area (Å²) in [7, 11) is 0. The second kappa shape index (κ2) is 7.62. The van der Waals surface area contributed by atoms with Gasteiger partial charge in [-0.15, -0.1) is 0 Å². The Balaban J connectivity index is 1.89. The van der Waals surface area contributed by atoms with E-state index >= 15 is 0 Å². The molecule has 2 atom stereocenters. The maximum atomic E-state index is 12.0. The van der Waals surface area contributed by atoms with Gasteiger partial charge in [0.15, 0.2) is 0 Å². The smallest absolute Gasteiger partial charge is 0.244 e. The third-order valence-electron chi connectivity index (χ3n) is 3.97. The van der Waals surface area contributed by atoms with E-state index in [1.165, 1.54) is 0 Å². The molecule has 1 fully saturated rings. The fourth-order valence-electron chi connectivity index (χ4n) is 2.80. The SMILES string of the molecule is CC(=CC(=O)NCC1CCCC(O)C1)c1ccccc1Cl. The number of allylic oxidation sites excluding steroid dienone is 1. The molecular formula is C17H22ClNO2. The fourth-order valence-corrected chi connectivity index (χ4v) is 3.08. The van der Waals surface area contributed by atoms with E-state index in [0.29, 0.717) is 17.5 Å². The van der Waals surface area contributed by atoms with Crippen LogP contribution < -0.4 is 5.32 Å². The Morgan fingerprint density at radius 3 is 2.90 bits per heavy atom. The Morgan fingerprint density at radius 2 is 2.19 bits per heavy atom. The summed E-state index contributed by atoms with van der Waals surface area (Å²) in [6.07, 6.45) is 5.16. The molecule has 0 saturated heterocycles. The lowest BCUT2D eigenvalue weighted by Crippen LogP contribution is -2.32. The highest BCUT2D eigenvalue weighted by molar-refractivity contribution is 6.32. The summed E-state index contributed by atoms with van der Waals surface area (Å²) in [5.41, 5.74) is 1.73. The van der Waals surface area contributed by atoms with Crippen LogP contribution in [0.1, 0.15) is 38.2 Å². The van der Waals surface area contributed by atoms with Gasteiger partial charge in [0.25, 0.3) is 0 Å².